The van der Waals surface area contributed by atoms with Crippen LogP contribution >= 0.6 is 0 Å². The summed E-state index contributed by atoms with van der Waals surface area (Å²) in [6.07, 6.45) is 0.888. The fraction of sp³-hybridized carbons (Fsp3) is 0.280. The molecule has 2 atom stereocenters. The van der Waals surface area contributed by atoms with Crippen molar-refractivity contribution in [2.24, 2.45) is 5.92 Å². The van der Waals surface area contributed by atoms with Gasteiger partial charge in [-0.1, -0.05) is 24.3 Å². The molecule has 33 heavy (non-hydrogen) atoms. The van der Waals surface area contributed by atoms with E-state index in [-0.39, 0.29) is 28.2 Å². The summed E-state index contributed by atoms with van der Waals surface area (Å²) in [5.74, 6) is -0.117. The molecule has 0 spiro atoms. The number of hydrogen-bond acceptors (Lipinski definition) is 4. The number of sulfonamides is 1. The van der Waals surface area contributed by atoms with Gasteiger partial charge in [-0.3, -0.25) is 9.59 Å². The number of rotatable bonds is 4. The predicted octanol–water partition coefficient (Wildman–Crippen LogP) is 3.22. The van der Waals surface area contributed by atoms with Crippen molar-refractivity contribution in [3.05, 3.63) is 93.9 Å². The molecule has 0 aliphatic carbocycles. The number of carbonyl (C=O) groups is 1. The average Bonchev–Trinajstić information content (AvgIpc) is 2.80. The van der Waals surface area contributed by atoms with Crippen molar-refractivity contribution in [2.45, 2.75) is 30.7 Å². The highest BCUT2D eigenvalue weighted by Crippen LogP contribution is 2.37. The zero-order valence-electron chi connectivity index (χ0n) is 18.3. The smallest absolute Gasteiger partial charge is 0.255 e. The lowest BCUT2D eigenvalue weighted by Gasteiger charge is -2.42. The van der Waals surface area contributed by atoms with Gasteiger partial charge in [0.15, 0.2) is 0 Å². The first-order valence-corrected chi connectivity index (χ1v) is 12.4. The minimum atomic E-state index is -3.69. The number of carbonyl (C=O) groups excluding carboxylic acids is 1. The highest BCUT2D eigenvalue weighted by molar-refractivity contribution is 7.89. The Morgan fingerprint density at radius 3 is 2.45 bits per heavy atom. The van der Waals surface area contributed by atoms with Crippen LogP contribution in [0.25, 0.3) is 0 Å². The lowest BCUT2D eigenvalue weighted by Crippen LogP contribution is -2.48. The van der Waals surface area contributed by atoms with Gasteiger partial charge in [-0.15, -0.1) is 0 Å². The van der Waals surface area contributed by atoms with E-state index in [2.05, 4.69) is 5.32 Å². The molecule has 1 saturated heterocycles. The van der Waals surface area contributed by atoms with Crippen molar-refractivity contribution in [2.75, 3.05) is 18.4 Å². The molecule has 8 heteroatoms. The normalized spacial score (nSPS) is 20.2. The second-order valence-corrected chi connectivity index (χ2v) is 10.8. The van der Waals surface area contributed by atoms with Crippen LogP contribution in [0.1, 0.15) is 34.0 Å². The number of hydrogen-bond donors (Lipinski definition) is 1. The first-order chi connectivity index (χ1) is 15.8. The molecule has 3 heterocycles. The molecule has 0 saturated carbocycles. The van der Waals surface area contributed by atoms with Gasteiger partial charge in [-0.05, 0) is 61.2 Å². The van der Waals surface area contributed by atoms with Gasteiger partial charge in [0.2, 0.25) is 10.0 Å². The van der Waals surface area contributed by atoms with Crippen molar-refractivity contribution < 1.29 is 13.2 Å². The summed E-state index contributed by atoms with van der Waals surface area (Å²) in [5.41, 5.74) is 2.86. The Kier molecular flexibility index (Phi) is 5.42. The van der Waals surface area contributed by atoms with Gasteiger partial charge >= 0.3 is 0 Å². The second-order valence-electron chi connectivity index (χ2n) is 8.81. The first-order valence-electron chi connectivity index (χ1n) is 11.0. The molecular formula is C25H25N3O4S. The Morgan fingerprint density at radius 2 is 1.70 bits per heavy atom. The third kappa shape index (κ3) is 4.00. The van der Waals surface area contributed by atoms with Gasteiger partial charge in [-0.25, -0.2) is 8.42 Å². The van der Waals surface area contributed by atoms with E-state index in [4.69, 9.17) is 0 Å². The topological polar surface area (TPSA) is 88.5 Å². The molecule has 170 valence electrons. The number of aromatic nitrogens is 1. The lowest BCUT2D eigenvalue weighted by molar-refractivity contribution is 0.102. The Hall–Kier alpha value is -3.23. The summed E-state index contributed by atoms with van der Waals surface area (Å²) in [4.78, 5) is 24.9. The third-order valence-corrected chi connectivity index (χ3v) is 8.43. The SMILES string of the molecule is Cc1ccccc1C(=O)Nc1ccc(S(=O)(=O)N2C[C@@H]3C[C@H](C2)c2cccc(=O)n2C3)cc1. The van der Waals surface area contributed by atoms with E-state index >= 15 is 0 Å². The number of pyridine rings is 1. The van der Waals surface area contributed by atoms with Gasteiger partial charge in [0.1, 0.15) is 0 Å². The Morgan fingerprint density at radius 1 is 0.939 bits per heavy atom. The van der Waals surface area contributed by atoms with Crippen LogP contribution in [0.15, 0.2) is 76.4 Å². The summed E-state index contributed by atoms with van der Waals surface area (Å²) in [6, 6.07) is 18.8. The maximum atomic E-state index is 13.4. The van der Waals surface area contributed by atoms with Crippen LogP contribution in [-0.4, -0.2) is 36.3 Å². The number of piperidine rings is 1. The molecule has 7 nitrogen and oxygen atoms in total. The molecule has 1 amide bonds. The van der Waals surface area contributed by atoms with Gasteiger partial charge < -0.3 is 9.88 Å². The second kappa shape index (κ2) is 8.28. The van der Waals surface area contributed by atoms with Gasteiger partial charge in [0, 0.05) is 48.6 Å². The number of benzene rings is 2. The van der Waals surface area contributed by atoms with Crippen LogP contribution < -0.4 is 10.9 Å². The van der Waals surface area contributed by atoms with E-state index in [1.54, 1.807) is 41.0 Å². The minimum absolute atomic E-state index is 0.00819. The Balaban J connectivity index is 1.34. The van der Waals surface area contributed by atoms with E-state index in [0.717, 1.165) is 17.7 Å². The largest absolute Gasteiger partial charge is 0.322 e. The summed E-state index contributed by atoms with van der Waals surface area (Å²) in [5, 5.41) is 2.83. The number of amides is 1. The predicted molar refractivity (Wildman–Crippen MR) is 126 cm³/mol. The molecule has 1 N–H and O–H groups in total. The lowest BCUT2D eigenvalue weighted by atomic mass is 9.84. The van der Waals surface area contributed by atoms with Gasteiger partial charge in [-0.2, -0.15) is 4.31 Å². The molecule has 2 aliphatic rings. The highest BCUT2D eigenvalue weighted by Gasteiger charge is 2.39. The summed E-state index contributed by atoms with van der Waals surface area (Å²) in [7, 11) is -3.69. The maximum Gasteiger partial charge on any atom is 0.255 e. The molecule has 2 aromatic carbocycles. The van der Waals surface area contributed by atoms with Crippen molar-refractivity contribution in [1.29, 1.82) is 0 Å². The molecule has 1 aromatic heterocycles. The molecule has 3 aromatic rings. The van der Waals surface area contributed by atoms with Crippen molar-refractivity contribution in [3.8, 4) is 0 Å². The third-order valence-electron chi connectivity index (χ3n) is 6.59. The van der Waals surface area contributed by atoms with E-state index in [1.807, 2.05) is 25.1 Å². The number of fused-ring (bicyclic) bond motifs is 4. The molecule has 2 aliphatic heterocycles. The van der Waals surface area contributed by atoms with E-state index < -0.39 is 10.0 Å². The first kappa shape index (κ1) is 21.6. The van der Waals surface area contributed by atoms with E-state index in [0.29, 0.717) is 30.9 Å². The van der Waals surface area contributed by atoms with Crippen LogP contribution in [0.5, 0.6) is 0 Å². The Labute approximate surface area is 192 Å². The summed E-state index contributed by atoms with van der Waals surface area (Å²) in [6.45, 7) is 3.16. The van der Waals surface area contributed by atoms with E-state index in [1.165, 1.54) is 16.4 Å². The van der Waals surface area contributed by atoms with Crippen molar-refractivity contribution in [3.63, 3.8) is 0 Å². The molecule has 5 rings (SSSR count). The summed E-state index contributed by atoms with van der Waals surface area (Å²) < 4.78 is 30.1. The molecule has 0 unspecified atom stereocenters. The fourth-order valence-corrected chi connectivity index (χ4v) is 6.50. The van der Waals surface area contributed by atoms with Gasteiger partial charge in [0.25, 0.3) is 11.5 Å². The number of aryl methyl sites for hydroxylation is 1. The molecular weight excluding hydrogens is 438 g/mol. The van der Waals surface area contributed by atoms with Crippen LogP contribution in [0.3, 0.4) is 0 Å². The number of nitrogens with zero attached hydrogens (tertiary/aromatic N) is 2. The fourth-order valence-electron chi connectivity index (χ4n) is 4.93. The van der Waals surface area contributed by atoms with Crippen molar-refractivity contribution in [1.82, 2.24) is 8.87 Å². The molecule has 1 fully saturated rings. The zero-order chi connectivity index (χ0) is 23.2. The van der Waals surface area contributed by atoms with Crippen LogP contribution in [-0.2, 0) is 16.6 Å². The molecule has 2 bridgehead atoms. The zero-order valence-corrected chi connectivity index (χ0v) is 19.1. The Bertz CT molecular complexity index is 1380. The quantitative estimate of drug-likeness (QED) is 0.644. The van der Waals surface area contributed by atoms with Gasteiger partial charge in [0.05, 0.1) is 4.90 Å². The monoisotopic (exact) mass is 463 g/mol. The van der Waals surface area contributed by atoms with Crippen molar-refractivity contribution >= 4 is 21.6 Å². The standard InChI is InChI=1S/C25H25N3O4S/c1-17-5-2-3-6-22(17)25(30)26-20-9-11-21(12-10-20)33(31,32)27-14-18-13-19(16-27)23-7-4-8-24(29)28(23)15-18/h2-12,18-19H,13-16H2,1H3,(H,26,30)/t18-,19+/m0/s1. The minimum Gasteiger partial charge on any atom is -0.322 e. The average molecular weight is 464 g/mol. The van der Waals surface area contributed by atoms with Crippen LogP contribution in [0.4, 0.5) is 5.69 Å². The highest BCUT2D eigenvalue weighted by atomic mass is 32.2. The molecule has 0 radical (unpaired) electrons. The van der Waals surface area contributed by atoms with E-state index in [9.17, 15) is 18.0 Å². The van der Waals surface area contributed by atoms with Crippen LogP contribution in [0.2, 0.25) is 0 Å². The maximum absolute atomic E-state index is 13.4. The summed E-state index contributed by atoms with van der Waals surface area (Å²) >= 11 is 0. The van der Waals surface area contributed by atoms with Crippen LogP contribution in [0, 0.1) is 12.8 Å². The number of nitrogens with one attached hydrogen (secondary N) is 1. The number of anilines is 1.